The standard InChI is InChI=1S/C5H12N2O2.Na/c6-3-1-2-4(7)5(8)9;/h4H,1-3,6-7H2,(H,8,9);/t4-;/m0./s1. The van der Waals surface area contributed by atoms with Crippen LogP contribution in [0, 0.1) is 0 Å². The predicted molar refractivity (Wildman–Crippen MR) is 39.7 cm³/mol. The average Bonchev–Trinajstić information content (AvgIpc) is 1.82. The number of rotatable bonds is 4. The summed E-state index contributed by atoms with van der Waals surface area (Å²) in [5.74, 6) is -0.955. The summed E-state index contributed by atoms with van der Waals surface area (Å²) in [6.07, 6.45) is 1.14. The van der Waals surface area contributed by atoms with Gasteiger partial charge in [-0.3, -0.25) is 4.79 Å². The summed E-state index contributed by atoms with van der Waals surface area (Å²) in [5.41, 5.74) is 10.3. The third-order valence-corrected chi connectivity index (χ3v) is 1.04. The molecule has 10 heavy (non-hydrogen) atoms. The first kappa shape index (κ1) is 13.0. The van der Waals surface area contributed by atoms with E-state index < -0.39 is 12.0 Å². The van der Waals surface area contributed by atoms with Crippen LogP contribution < -0.4 is 11.5 Å². The number of hydrogen-bond donors (Lipinski definition) is 3. The van der Waals surface area contributed by atoms with E-state index in [4.69, 9.17) is 16.6 Å². The number of aliphatic carboxylic acids is 1. The molecule has 0 aliphatic carbocycles. The van der Waals surface area contributed by atoms with Gasteiger partial charge in [-0.25, -0.2) is 0 Å². The molecule has 0 amide bonds. The molecule has 0 fully saturated rings. The second-order valence-electron chi connectivity index (χ2n) is 1.88. The minimum atomic E-state index is -0.955. The monoisotopic (exact) mass is 155 g/mol. The van der Waals surface area contributed by atoms with Gasteiger partial charge < -0.3 is 16.6 Å². The first-order valence-corrected chi connectivity index (χ1v) is 2.87. The Hall–Kier alpha value is 0.390. The van der Waals surface area contributed by atoms with E-state index in [1.54, 1.807) is 0 Å². The van der Waals surface area contributed by atoms with E-state index in [-0.39, 0.29) is 29.6 Å². The Morgan fingerprint density at radius 3 is 2.40 bits per heavy atom. The van der Waals surface area contributed by atoms with Crippen molar-refractivity contribution in [2.45, 2.75) is 18.9 Å². The fourth-order valence-electron chi connectivity index (χ4n) is 0.461. The first-order valence-electron chi connectivity index (χ1n) is 2.87. The summed E-state index contributed by atoms with van der Waals surface area (Å²) in [4.78, 5) is 10.0. The molecule has 0 bridgehead atoms. The van der Waals surface area contributed by atoms with Crippen molar-refractivity contribution in [2.24, 2.45) is 11.5 Å². The van der Waals surface area contributed by atoms with E-state index in [0.29, 0.717) is 19.4 Å². The quantitative estimate of drug-likeness (QED) is 0.443. The smallest absolute Gasteiger partial charge is 0.320 e. The Morgan fingerprint density at radius 1 is 1.60 bits per heavy atom. The third-order valence-electron chi connectivity index (χ3n) is 1.04. The van der Waals surface area contributed by atoms with E-state index in [0.717, 1.165) is 0 Å². The molecule has 1 atom stereocenters. The zero-order chi connectivity index (χ0) is 7.28. The molecule has 5 N–H and O–H groups in total. The van der Waals surface area contributed by atoms with Gasteiger partial charge in [-0.2, -0.15) is 0 Å². The Bertz CT molecular complexity index is 99.6. The molecule has 0 aliphatic heterocycles. The number of nitrogens with two attached hydrogens (primary N) is 2. The predicted octanol–water partition coefficient (Wildman–Crippen LogP) is -1.24. The van der Waals surface area contributed by atoms with Crippen LogP contribution in [0.1, 0.15) is 12.8 Å². The molecule has 0 spiro atoms. The molecule has 55 valence electrons. The fraction of sp³-hybridized carbons (Fsp3) is 0.800. The van der Waals surface area contributed by atoms with Gasteiger partial charge in [-0.1, -0.05) is 0 Å². The van der Waals surface area contributed by atoms with Crippen molar-refractivity contribution >= 4 is 35.5 Å². The molecule has 0 aromatic heterocycles. The SMILES string of the molecule is NCCC[C@H](N)C(=O)O.[Na]. The van der Waals surface area contributed by atoms with Crippen molar-refractivity contribution in [3.05, 3.63) is 0 Å². The minimum absolute atomic E-state index is 0. The largest absolute Gasteiger partial charge is 0.480 e. The number of hydrogen-bond acceptors (Lipinski definition) is 3. The Balaban J connectivity index is 0. The van der Waals surface area contributed by atoms with Crippen LogP contribution in [0.3, 0.4) is 0 Å². The third kappa shape index (κ3) is 6.51. The van der Waals surface area contributed by atoms with E-state index in [2.05, 4.69) is 0 Å². The summed E-state index contributed by atoms with van der Waals surface area (Å²) in [5, 5.41) is 8.24. The summed E-state index contributed by atoms with van der Waals surface area (Å²) < 4.78 is 0. The van der Waals surface area contributed by atoms with Crippen molar-refractivity contribution in [1.29, 1.82) is 0 Å². The molecule has 5 heteroatoms. The molecular weight excluding hydrogens is 143 g/mol. The van der Waals surface area contributed by atoms with Crippen molar-refractivity contribution in [1.82, 2.24) is 0 Å². The van der Waals surface area contributed by atoms with E-state index in [1.165, 1.54) is 0 Å². The summed E-state index contributed by atoms with van der Waals surface area (Å²) in [7, 11) is 0. The first-order chi connectivity index (χ1) is 4.18. The van der Waals surface area contributed by atoms with Gasteiger partial charge in [-0.05, 0) is 19.4 Å². The van der Waals surface area contributed by atoms with Crippen molar-refractivity contribution in [2.75, 3.05) is 6.54 Å². The summed E-state index contributed by atoms with van der Waals surface area (Å²) in [6.45, 7) is 0.501. The molecule has 0 unspecified atom stereocenters. The Morgan fingerprint density at radius 2 is 2.10 bits per heavy atom. The molecule has 0 aromatic rings. The zero-order valence-corrected chi connectivity index (χ0v) is 8.21. The van der Waals surface area contributed by atoms with E-state index in [9.17, 15) is 4.79 Å². The molecule has 1 radical (unpaired) electrons. The molecule has 0 rings (SSSR count). The fourth-order valence-corrected chi connectivity index (χ4v) is 0.461. The maximum Gasteiger partial charge on any atom is 0.320 e. The number of carboxylic acids is 1. The van der Waals surface area contributed by atoms with Crippen LogP contribution in [0.4, 0.5) is 0 Å². The van der Waals surface area contributed by atoms with Crippen LogP contribution in [-0.2, 0) is 4.79 Å². The van der Waals surface area contributed by atoms with Crippen molar-refractivity contribution < 1.29 is 9.90 Å². The minimum Gasteiger partial charge on any atom is -0.480 e. The van der Waals surface area contributed by atoms with Crippen molar-refractivity contribution in [3.63, 3.8) is 0 Å². The van der Waals surface area contributed by atoms with Crippen LogP contribution in [0.5, 0.6) is 0 Å². The van der Waals surface area contributed by atoms with Gasteiger partial charge in [0.15, 0.2) is 0 Å². The molecule has 0 aliphatic rings. The topological polar surface area (TPSA) is 89.3 Å². The Kier molecular flexibility index (Phi) is 9.76. The zero-order valence-electron chi connectivity index (χ0n) is 6.21. The average molecular weight is 155 g/mol. The van der Waals surface area contributed by atoms with Crippen LogP contribution in [0.15, 0.2) is 0 Å². The molecule has 0 saturated carbocycles. The van der Waals surface area contributed by atoms with Crippen molar-refractivity contribution in [3.8, 4) is 0 Å². The molecule has 0 aromatic carbocycles. The maximum absolute atomic E-state index is 10.0. The van der Waals surface area contributed by atoms with E-state index >= 15 is 0 Å². The van der Waals surface area contributed by atoms with Gasteiger partial charge in [-0.15, -0.1) is 0 Å². The molecule has 0 saturated heterocycles. The van der Waals surface area contributed by atoms with Gasteiger partial charge in [0.2, 0.25) is 0 Å². The van der Waals surface area contributed by atoms with Gasteiger partial charge in [0.1, 0.15) is 6.04 Å². The van der Waals surface area contributed by atoms with Crippen LogP contribution in [0.25, 0.3) is 0 Å². The second-order valence-corrected chi connectivity index (χ2v) is 1.88. The van der Waals surface area contributed by atoms with Gasteiger partial charge in [0.05, 0.1) is 0 Å². The van der Waals surface area contributed by atoms with E-state index in [1.807, 2.05) is 0 Å². The summed E-state index contributed by atoms with van der Waals surface area (Å²) in [6, 6.07) is -0.742. The number of carboxylic acid groups (broad SMARTS) is 1. The van der Waals surface area contributed by atoms with Gasteiger partial charge in [0.25, 0.3) is 0 Å². The Labute approximate surface area is 82.2 Å². The van der Waals surface area contributed by atoms with Crippen LogP contribution in [0.2, 0.25) is 0 Å². The van der Waals surface area contributed by atoms with Crippen LogP contribution >= 0.6 is 0 Å². The van der Waals surface area contributed by atoms with Gasteiger partial charge in [0, 0.05) is 29.6 Å². The molecule has 0 heterocycles. The summed E-state index contributed by atoms with van der Waals surface area (Å²) >= 11 is 0. The van der Waals surface area contributed by atoms with Gasteiger partial charge >= 0.3 is 5.97 Å². The molecular formula is C5H12N2NaO2. The molecule has 4 nitrogen and oxygen atoms in total. The number of carbonyl (C=O) groups is 1. The second kappa shape index (κ2) is 7.50. The van der Waals surface area contributed by atoms with Crippen LogP contribution in [-0.4, -0.2) is 53.2 Å². The normalized spacial score (nSPS) is 11.8. The maximum atomic E-state index is 10.0.